The van der Waals surface area contributed by atoms with Crippen LogP contribution < -0.4 is 5.32 Å². The lowest BCUT2D eigenvalue weighted by Gasteiger charge is -2.33. The molecular weight excluding hydrogens is 395 g/mol. The number of carbonyl (C=O) groups excluding carboxylic acids is 2. The number of nitrogens with one attached hydrogen (secondary N) is 1. The van der Waals surface area contributed by atoms with Gasteiger partial charge < -0.3 is 15.0 Å². The van der Waals surface area contributed by atoms with Crippen LogP contribution in [0.5, 0.6) is 0 Å². The highest BCUT2D eigenvalue weighted by Crippen LogP contribution is 2.40. The fourth-order valence-electron chi connectivity index (χ4n) is 5.61. The molecule has 1 aromatic rings. The first-order chi connectivity index (χ1) is 15.1. The van der Waals surface area contributed by atoms with Crippen LogP contribution in [0.25, 0.3) is 0 Å². The molecule has 170 valence electrons. The summed E-state index contributed by atoms with van der Waals surface area (Å²) in [4.78, 5) is 28.1. The van der Waals surface area contributed by atoms with Gasteiger partial charge in [-0.2, -0.15) is 0 Å². The highest BCUT2D eigenvalue weighted by atomic mass is 19.1. The molecule has 1 saturated heterocycles. The summed E-state index contributed by atoms with van der Waals surface area (Å²) in [5.41, 5.74) is 0.450. The lowest BCUT2D eigenvalue weighted by atomic mass is 9.84. The Bertz CT molecular complexity index is 748. The van der Waals surface area contributed by atoms with E-state index in [0.29, 0.717) is 30.7 Å². The van der Waals surface area contributed by atoms with Gasteiger partial charge in [0.05, 0.1) is 6.10 Å². The summed E-state index contributed by atoms with van der Waals surface area (Å²) in [5, 5.41) is 3.04. The number of amides is 2. The summed E-state index contributed by atoms with van der Waals surface area (Å²) in [7, 11) is 0. The minimum Gasteiger partial charge on any atom is -0.378 e. The fraction of sp³-hybridized carbons (Fsp3) is 0.680. The molecule has 2 saturated carbocycles. The summed E-state index contributed by atoms with van der Waals surface area (Å²) in [6, 6.07) is 5.32. The van der Waals surface area contributed by atoms with Gasteiger partial charge in [-0.25, -0.2) is 4.39 Å². The van der Waals surface area contributed by atoms with E-state index in [1.807, 2.05) is 0 Å². The van der Waals surface area contributed by atoms with Gasteiger partial charge in [-0.1, -0.05) is 32.1 Å². The molecule has 2 amide bonds. The topological polar surface area (TPSA) is 58.6 Å². The van der Waals surface area contributed by atoms with Crippen molar-refractivity contribution >= 4 is 11.8 Å². The van der Waals surface area contributed by atoms with Crippen LogP contribution >= 0.6 is 0 Å². The van der Waals surface area contributed by atoms with Crippen molar-refractivity contribution in [2.75, 3.05) is 13.2 Å². The van der Waals surface area contributed by atoms with Gasteiger partial charge in [0.2, 0.25) is 5.91 Å². The van der Waals surface area contributed by atoms with Gasteiger partial charge in [0.15, 0.2) is 0 Å². The van der Waals surface area contributed by atoms with Gasteiger partial charge in [-0.05, 0) is 68.7 Å². The average molecular weight is 431 g/mol. The van der Waals surface area contributed by atoms with Crippen LogP contribution in [0.15, 0.2) is 24.3 Å². The largest absolute Gasteiger partial charge is 0.378 e. The molecule has 6 heteroatoms. The number of rotatable bonds is 7. The summed E-state index contributed by atoms with van der Waals surface area (Å²) in [6.45, 7) is 1.23. The van der Waals surface area contributed by atoms with Gasteiger partial charge in [0, 0.05) is 24.8 Å². The Labute approximate surface area is 184 Å². The minimum absolute atomic E-state index is 0.0671. The predicted molar refractivity (Wildman–Crippen MR) is 117 cm³/mol. The molecule has 1 heterocycles. The molecule has 31 heavy (non-hydrogen) atoms. The lowest BCUT2D eigenvalue weighted by Crippen LogP contribution is -2.49. The fourth-order valence-corrected chi connectivity index (χ4v) is 5.61. The van der Waals surface area contributed by atoms with E-state index in [0.717, 1.165) is 51.4 Å². The summed E-state index contributed by atoms with van der Waals surface area (Å²) < 4.78 is 19.3. The van der Waals surface area contributed by atoms with Crippen molar-refractivity contribution < 1.29 is 18.7 Å². The third-order valence-corrected chi connectivity index (χ3v) is 7.24. The zero-order chi connectivity index (χ0) is 21.6. The Morgan fingerprint density at radius 2 is 1.71 bits per heavy atom. The second-order valence-electron chi connectivity index (χ2n) is 9.36. The van der Waals surface area contributed by atoms with Crippen LogP contribution in [0.4, 0.5) is 4.39 Å². The van der Waals surface area contributed by atoms with Crippen molar-refractivity contribution in [2.24, 2.45) is 5.92 Å². The molecule has 1 aliphatic heterocycles. The average Bonchev–Trinajstić information content (AvgIpc) is 3.19. The molecule has 2 aliphatic carbocycles. The molecule has 3 atom stereocenters. The number of hydrogen-bond acceptors (Lipinski definition) is 3. The van der Waals surface area contributed by atoms with Gasteiger partial charge in [0.25, 0.3) is 5.91 Å². The first-order valence-electron chi connectivity index (χ1n) is 12.1. The zero-order valence-corrected chi connectivity index (χ0v) is 18.4. The van der Waals surface area contributed by atoms with E-state index in [2.05, 4.69) is 5.32 Å². The highest BCUT2D eigenvalue weighted by molar-refractivity contribution is 5.98. The van der Waals surface area contributed by atoms with Gasteiger partial charge in [0.1, 0.15) is 11.9 Å². The van der Waals surface area contributed by atoms with Crippen LogP contribution in [0.3, 0.4) is 0 Å². The molecule has 3 aliphatic rings. The monoisotopic (exact) mass is 430 g/mol. The maximum atomic E-state index is 13.3. The molecule has 3 fully saturated rings. The maximum absolute atomic E-state index is 13.3. The minimum atomic E-state index is -0.440. The van der Waals surface area contributed by atoms with E-state index in [9.17, 15) is 14.0 Å². The Morgan fingerprint density at radius 3 is 2.48 bits per heavy atom. The molecule has 0 spiro atoms. The SMILES string of the molecule is O=C(NCCCOC1CCCCC1)[C@@H]1C[C@@H]2CCCC[C@@H]2N1C(=O)c1ccc(F)cc1. The first kappa shape index (κ1) is 22.3. The van der Waals surface area contributed by atoms with E-state index in [-0.39, 0.29) is 23.7 Å². The van der Waals surface area contributed by atoms with E-state index >= 15 is 0 Å². The second kappa shape index (κ2) is 10.6. The zero-order valence-electron chi connectivity index (χ0n) is 18.4. The second-order valence-corrected chi connectivity index (χ2v) is 9.36. The van der Waals surface area contributed by atoms with Crippen molar-refractivity contribution in [3.63, 3.8) is 0 Å². The predicted octanol–water partition coefficient (Wildman–Crippen LogP) is 4.45. The number of benzene rings is 1. The van der Waals surface area contributed by atoms with Crippen LogP contribution in [0, 0.1) is 11.7 Å². The molecule has 0 radical (unpaired) electrons. The van der Waals surface area contributed by atoms with Gasteiger partial charge in [-0.15, -0.1) is 0 Å². The number of carbonyl (C=O) groups is 2. The molecule has 1 N–H and O–H groups in total. The van der Waals surface area contributed by atoms with E-state index in [1.165, 1.54) is 43.5 Å². The number of hydrogen-bond donors (Lipinski definition) is 1. The van der Waals surface area contributed by atoms with E-state index < -0.39 is 6.04 Å². The number of halogens is 1. The first-order valence-corrected chi connectivity index (χ1v) is 12.1. The van der Waals surface area contributed by atoms with Crippen molar-refractivity contribution in [1.82, 2.24) is 10.2 Å². The Morgan fingerprint density at radius 1 is 1.00 bits per heavy atom. The summed E-state index contributed by atoms with van der Waals surface area (Å²) in [6.07, 6.45) is 12.3. The Kier molecular flexibility index (Phi) is 7.59. The quantitative estimate of drug-likeness (QED) is 0.650. The molecule has 1 aromatic carbocycles. The van der Waals surface area contributed by atoms with E-state index in [4.69, 9.17) is 4.74 Å². The molecule has 0 aromatic heterocycles. The maximum Gasteiger partial charge on any atom is 0.254 e. The third-order valence-electron chi connectivity index (χ3n) is 7.24. The normalized spacial score (nSPS) is 26.5. The van der Waals surface area contributed by atoms with Crippen LogP contribution in [0.1, 0.15) is 81.0 Å². The van der Waals surface area contributed by atoms with Crippen molar-refractivity contribution in [2.45, 2.75) is 88.8 Å². The van der Waals surface area contributed by atoms with Crippen LogP contribution in [-0.2, 0) is 9.53 Å². The Hall–Kier alpha value is -1.95. The number of ether oxygens (including phenoxy) is 1. The number of fused-ring (bicyclic) bond motifs is 1. The van der Waals surface area contributed by atoms with Gasteiger partial charge in [-0.3, -0.25) is 9.59 Å². The number of likely N-dealkylation sites (tertiary alicyclic amines) is 1. The van der Waals surface area contributed by atoms with Crippen molar-refractivity contribution in [3.8, 4) is 0 Å². The Balaban J connectivity index is 1.33. The van der Waals surface area contributed by atoms with Crippen LogP contribution in [0.2, 0.25) is 0 Å². The number of nitrogens with zero attached hydrogens (tertiary/aromatic N) is 1. The van der Waals surface area contributed by atoms with Gasteiger partial charge >= 0.3 is 0 Å². The molecule has 4 rings (SSSR count). The van der Waals surface area contributed by atoms with E-state index in [1.54, 1.807) is 4.90 Å². The molecule has 0 unspecified atom stereocenters. The molecule has 0 bridgehead atoms. The standard InChI is InChI=1S/C25H35FN2O3/c26-20-13-11-18(12-14-20)25(30)28-22-10-5-4-7-19(22)17-23(28)24(29)27-15-6-16-31-21-8-2-1-3-9-21/h11-14,19,21-23H,1-10,15-17H2,(H,27,29)/t19-,22-,23-/m0/s1. The highest BCUT2D eigenvalue weighted by Gasteiger charge is 2.47. The van der Waals surface area contributed by atoms with Crippen molar-refractivity contribution in [3.05, 3.63) is 35.6 Å². The van der Waals surface area contributed by atoms with Crippen molar-refractivity contribution in [1.29, 1.82) is 0 Å². The molecule has 5 nitrogen and oxygen atoms in total. The molecular formula is C25H35FN2O3. The summed E-state index contributed by atoms with van der Waals surface area (Å²) >= 11 is 0. The summed E-state index contributed by atoms with van der Waals surface area (Å²) in [5.74, 6) is -0.209. The van der Waals surface area contributed by atoms with Crippen LogP contribution in [-0.4, -0.2) is 48.1 Å². The smallest absolute Gasteiger partial charge is 0.254 e. The third kappa shape index (κ3) is 5.46. The lowest BCUT2D eigenvalue weighted by molar-refractivity contribution is -0.125.